The van der Waals surface area contributed by atoms with E-state index in [0.717, 1.165) is 32.0 Å². The molecule has 3 N–H and O–H groups in total. The van der Waals surface area contributed by atoms with Gasteiger partial charge in [0.2, 0.25) is 5.91 Å². The number of primary amides is 1. The summed E-state index contributed by atoms with van der Waals surface area (Å²) in [6, 6.07) is 0.768. The van der Waals surface area contributed by atoms with Crippen molar-refractivity contribution in [2.75, 3.05) is 20.1 Å². The molecule has 18 heavy (non-hydrogen) atoms. The Bertz CT molecular complexity index is 264. The van der Waals surface area contributed by atoms with Crippen LogP contribution in [0.25, 0.3) is 0 Å². The highest BCUT2D eigenvalue weighted by atomic mass is 16.1. The summed E-state index contributed by atoms with van der Waals surface area (Å²) < 4.78 is 0. The number of nitrogens with one attached hydrogen (secondary N) is 1. The molecular weight excluding hydrogens is 226 g/mol. The van der Waals surface area contributed by atoms with Crippen LogP contribution >= 0.6 is 0 Å². The van der Waals surface area contributed by atoms with Crippen LogP contribution in [0.15, 0.2) is 0 Å². The summed E-state index contributed by atoms with van der Waals surface area (Å²) in [5.74, 6) is -0.256. The van der Waals surface area contributed by atoms with Crippen molar-refractivity contribution in [3.05, 3.63) is 0 Å². The van der Waals surface area contributed by atoms with Gasteiger partial charge < -0.3 is 16.0 Å². The fourth-order valence-corrected chi connectivity index (χ4v) is 2.88. The average molecular weight is 255 g/mol. The summed E-state index contributed by atoms with van der Waals surface area (Å²) in [7, 11) is 1.80. The van der Waals surface area contributed by atoms with Gasteiger partial charge in [0.05, 0.1) is 5.54 Å². The summed E-state index contributed by atoms with van der Waals surface area (Å²) >= 11 is 0. The van der Waals surface area contributed by atoms with E-state index in [9.17, 15) is 4.79 Å². The van der Waals surface area contributed by atoms with Crippen molar-refractivity contribution in [1.29, 1.82) is 0 Å². The predicted octanol–water partition coefficient (Wildman–Crippen LogP) is 1.49. The van der Waals surface area contributed by atoms with E-state index in [2.05, 4.69) is 17.1 Å². The number of nitrogens with two attached hydrogens (primary N) is 1. The van der Waals surface area contributed by atoms with Gasteiger partial charge in [-0.3, -0.25) is 4.79 Å². The molecule has 0 bridgehead atoms. The van der Waals surface area contributed by atoms with Crippen LogP contribution in [-0.4, -0.2) is 42.5 Å². The molecule has 0 aromatic heterocycles. The molecule has 4 heteroatoms. The third kappa shape index (κ3) is 3.95. The Balaban J connectivity index is 2.36. The molecule has 0 aliphatic heterocycles. The fraction of sp³-hybridized carbons (Fsp3) is 0.929. The van der Waals surface area contributed by atoms with Crippen molar-refractivity contribution < 1.29 is 4.79 Å². The standard InChI is InChI=1S/C14H29N3O/c1-4-17(12-8-5-6-9-12)11-7-10-14(2,16-3)13(15)18/h12,16H,4-11H2,1-3H3,(H2,15,18). The molecule has 1 saturated carbocycles. The molecule has 0 heterocycles. The van der Waals surface area contributed by atoms with E-state index in [-0.39, 0.29) is 5.91 Å². The zero-order valence-corrected chi connectivity index (χ0v) is 12.2. The van der Waals surface area contributed by atoms with E-state index in [0.29, 0.717) is 0 Å². The summed E-state index contributed by atoms with van der Waals surface area (Å²) in [4.78, 5) is 14.0. The molecule has 0 spiro atoms. The van der Waals surface area contributed by atoms with E-state index in [1.54, 1.807) is 7.05 Å². The molecule has 1 aliphatic carbocycles. The zero-order valence-electron chi connectivity index (χ0n) is 12.2. The number of likely N-dealkylation sites (N-methyl/N-ethyl adjacent to an activating group) is 1. The molecule has 0 aromatic rings. The van der Waals surface area contributed by atoms with Gasteiger partial charge in [-0.25, -0.2) is 0 Å². The zero-order chi connectivity index (χ0) is 13.6. The summed E-state index contributed by atoms with van der Waals surface area (Å²) in [6.07, 6.45) is 7.25. The second-order valence-corrected chi connectivity index (χ2v) is 5.62. The molecule has 106 valence electrons. The van der Waals surface area contributed by atoms with Crippen molar-refractivity contribution in [1.82, 2.24) is 10.2 Å². The van der Waals surface area contributed by atoms with E-state index in [4.69, 9.17) is 5.73 Å². The van der Waals surface area contributed by atoms with E-state index in [1.807, 2.05) is 6.92 Å². The van der Waals surface area contributed by atoms with Gasteiger partial charge in [-0.15, -0.1) is 0 Å². The largest absolute Gasteiger partial charge is 0.368 e. The van der Waals surface area contributed by atoms with E-state index in [1.165, 1.54) is 25.7 Å². The lowest BCUT2D eigenvalue weighted by Crippen LogP contribution is -2.51. The Morgan fingerprint density at radius 3 is 2.50 bits per heavy atom. The molecule has 0 radical (unpaired) electrons. The van der Waals surface area contributed by atoms with Crippen LogP contribution in [-0.2, 0) is 4.79 Å². The quantitative estimate of drug-likeness (QED) is 0.691. The van der Waals surface area contributed by atoms with Gasteiger partial charge in [0, 0.05) is 6.04 Å². The third-order valence-corrected chi connectivity index (χ3v) is 4.46. The minimum Gasteiger partial charge on any atom is -0.368 e. The topological polar surface area (TPSA) is 58.4 Å². The van der Waals surface area contributed by atoms with Crippen molar-refractivity contribution >= 4 is 5.91 Å². The smallest absolute Gasteiger partial charge is 0.237 e. The normalized spacial score (nSPS) is 20.2. The first kappa shape index (κ1) is 15.4. The lowest BCUT2D eigenvalue weighted by molar-refractivity contribution is -0.123. The number of carbonyl (C=O) groups is 1. The van der Waals surface area contributed by atoms with Gasteiger partial charge in [0.25, 0.3) is 0 Å². The molecule has 1 atom stereocenters. The lowest BCUT2D eigenvalue weighted by atomic mass is 9.95. The molecule has 1 fully saturated rings. The van der Waals surface area contributed by atoms with E-state index >= 15 is 0 Å². The average Bonchev–Trinajstić information content (AvgIpc) is 2.87. The molecule has 1 aliphatic rings. The highest BCUT2D eigenvalue weighted by Crippen LogP contribution is 2.24. The minimum absolute atomic E-state index is 0.256. The number of amides is 1. The first-order chi connectivity index (χ1) is 8.53. The third-order valence-electron chi connectivity index (χ3n) is 4.46. The first-order valence-electron chi connectivity index (χ1n) is 7.26. The van der Waals surface area contributed by atoms with Gasteiger partial charge in [0.15, 0.2) is 0 Å². The second-order valence-electron chi connectivity index (χ2n) is 5.62. The number of carbonyl (C=O) groups excluding carboxylic acids is 1. The maximum atomic E-state index is 11.4. The molecular formula is C14H29N3O. The number of hydrogen-bond donors (Lipinski definition) is 2. The van der Waals surface area contributed by atoms with Crippen LogP contribution in [0.5, 0.6) is 0 Å². The van der Waals surface area contributed by atoms with Crippen LogP contribution < -0.4 is 11.1 Å². The Labute approximate surface area is 111 Å². The first-order valence-corrected chi connectivity index (χ1v) is 7.26. The van der Waals surface area contributed by atoms with Crippen molar-refractivity contribution in [2.24, 2.45) is 5.73 Å². The lowest BCUT2D eigenvalue weighted by Gasteiger charge is -2.30. The van der Waals surface area contributed by atoms with Gasteiger partial charge in [0.1, 0.15) is 0 Å². The highest BCUT2D eigenvalue weighted by molar-refractivity contribution is 5.84. The highest BCUT2D eigenvalue weighted by Gasteiger charge is 2.29. The van der Waals surface area contributed by atoms with Gasteiger partial charge in [-0.1, -0.05) is 19.8 Å². The fourth-order valence-electron chi connectivity index (χ4n) is 2.88. The Morgan fingerprint density at radius 1 is 1.44 bits per heavy atom. The summed E-state index contributed by atoms with van der Waals surface area (Å²) in [5, 5.41) is 3.05. The van der Waals surface area contributed by atoms with Crippen LogP contribution in [0.1, 0.15) is 52.4 Å². The Hall–Kier alpha value is -0.610. The predicted molar refractivity (Wildman–Crippen MR) is 75.4 cm³/mol. The molecule has 0 aromatic carbocycles. The SMILES string of the molecule is CCN(CCCC(C)(NC)C(N)=O)C1CCCC1. The molecule has 1 unspecified atom stereocenters. The van der Waals surface area contributed by atoms with Crippen LogP contribution in [0.4, 0.5) is 0 Å². The number of rotatable bonds is 8. The maximum Gasteiger partial charge on any atom is 0.237 e. The van der Waals surface area contributed by atoms with E-state index < -0.39 is 5.54 Å². The molecule has 1 rings (SSSR count). The number of nitrogens with zero attached hydrogens (tertiary/aromatic N) is 1. The van der Waals surface area contributed by atoms with Crippen molar-refractivity contribution in [3.8, 4) is 0 Å². The minimum atomic E-state index is -0.560. The maximum absolute atomic E-state index is 11.4. The van der Waals surface area contributed by atoms with Crippen LogP contribution in [0.2, 0.25) is 0 Å². The molecule has 4 nitrogen and oxygen atoms in total. The number of hydrogen-bond acceptors (Lipinski definition) is 3. The Morgan fingerprint density at radius 2 is 2.06 bits per heavy atom. The summed E-state index contributed by atoms with van der Waals surface area (Å²) in [6.45, 7) is 6.30. The molecule has 1 amide bonds. The van der Waals surface area contributed by atoms with Crippen LogP contribution in [0.3, 0.4) is 0 Å². The van der Waals surface area contributed by atoms with Gasteiger partial charge in [-0.2, -0.15) is 0 Å². The Kier molecular flexibility index (Phi) is 6.09. The van der Waals surface area contributed by atoms with Gasteiger partial charge in [-0.05, 0) is 52.7 Å². The molecule has 0 saturated heterocycles. The second kappa shape index (κ2) is 7.10. The van der Waals surface area contributed by atoms with Gasteiger partial charge >= 0.3 is 0 Å². The van der Waals surface area contributed by atoms with Crippen LogP contribution in [0, 0.1) is 0 Å². The monoisotopic (exact) mass is 255 g/mol. The summed E-state index contributed by atoms with van der Waals surface area (Å²) in [5.41, 5.74) is 4.88. The van der Waals surface area contributed by atoms with Crippen molar-refractivity contribution in [2.45, 2.75) is 64.0 Å². The van der Waals surface area contributed by atoms with Crippen molar-refractivity contribution in [3.63, 3.8) is 0 Å².